The van der Waals surface area contributed by atoms with Gasteiger partial charge in [-0.05, 0) is 49.8 Å². The summed E-state index contributed by atoms with van der Waals surface area (Å²) in [4.78, 5) is 12.1. The van der Waals surface area contributed by atoms with Crippen molar-refractivity contribution in [2.24, 2.45) is 5.92 Å². The van der Waals surface area contributed by atoms with E-state index in [1.807, 2.05) is 19.9 Å². The molecule has 1 aromatic rings. The zero-order valence-electron chi connectivity index (χ0n) is 12.3. The molecule has 21 heavy (non-hydrogen) atoms. The average Bonchev–Trinajstić information content (AvgIpc) is 2.32. The molecule has 1 N–H and O–H groups in total. The maximum Gasteiger partial charge on any atom is 0.224 e. The zero-order valence-corrected chi connectivity index (χ0v) is 13.9. The van der Waals surface area contributed by atoms with Crippen molar-refractivity contribution >= 4 is 33.0 Å². The van der Waals surface area contributed by atoms with Crippen LogP contribution in [0, 0.1) is 19.8 Å². The van der Waals surface area contributed by atoms with Crippen LogP contribution in [0.15, 0.2) is 12.1 Å². The molecule has 4 nitrogen and oxygen atoms in total. The maximum absolute atomic E-state index is 12.1. The Morgan fingerprint density at radius 1 is 1.38 bits per heavy atom. The highest BCUT2D eigenvalue weighted by Crippen LogP contribution is 2.28. The minimum atomic E-state index is -2.98. The van der Waals surface area contributed by atoms with E-state index in [-0.39, 0.29) is 29.8 Å². The Morgan fingerprint density at radius 3 is 2.71 bits per heavy atom. The van der Waals surface area contributed by atoms with Crippen molar-refractivity contribution in [1.29, 1.82) is 0 Å². The van der Waals surface area contributed by atoms with E-state index >= 15 is 0 Å². The van der Waals surface area contributed by atoms with Crippen molar-refractivity contribution in [1.82, 2.24) is 0 Å². The third kappa shape index (κ3) is 4.45. The molecule has 116 valence electrons. The Kier molecular flexibility index (Phi) is 4.94. The molecule has 1 aliphatic heterocycles. The molecule has 1 aromatic carbocycles. The first-order valence-corrected chi connectivity index (χ1v) is 9.24. The summed E-state index contributed by atoms with van der Waals surface area (Å²) in [5, 5.41) is 3.33. The zero-order chi connectivity index (χ0) is 15.6. The number of anilines is 1. The van der Waals surface area contributed by atoms with Crippen LogP contribution in [0.3, 0.4) is 0 Å². The molecule has 0 aliphatic carbocycles. The second-order valence-corrected chi connectivity index (χ2v) is 8.45. The van der Waals surface area contributed by atoms with Crippen molar-refractivity contribution in [2.45, 2.75) is 33.1 Å². The first-order chi connectivity index (χ1) is 9.77. The summed E-state index contributed by atoms with van der Waals surface area (Å²) in [6.07, 6.45) is 1.65. The SMILES string of the molecule is Cc1cc(C)c(NC(=O)CC2CCCS(=O)(=O)C2)c(Cl)c1. The summed E-state index contributed by atoms with van der Waals surface area (Å²) in [7, 11) is -2.98. The van der Waals surface area contributed by atoms with Gasteiger partial charge in [0.05, 0.1) is 22.2 Å². The molecule has 0 aromatic heterocycles. The minimum absolute atomic E-state index is 0.0896. The molecule has 1 saturated heterocycles. The molecule has 0 bridgehead atoms. The van der Waals surface area contributed by atoms with Crippen LogP contribution in [0.4, 0.5) is 5.69 Å². The molecule has 1 unspecified atom stereocenters. The van der Waals surface area contributed by atoms with Crippen molar-refractivity contribution in [2.75, 3.05) is 16.8 Å². The van der Waals surface area contributed by atoms with E-state index in [0.717, 1.165) is 17.5 Å². The molecular weight excluding hydrogens is 310 g/mol. The Balaban J connectivity index is 2.02. The molecule has 6 heteroatoms. The Labute approximate surface area is 130 Å². The summed E-state index contributed by atoms with van der Waals surface area (Å²) < 4.78 is 23.2. The van der Waals surface area contributed by atoms with Gasteiger partial charge in [-0.2, -0.15) is 0 Å². The van der Waals surface area contributed by atoms with Gasteiger partial charge < -0.3 is 5.32 Å². The lowest BCUT2D eigenvalue weighted by molar-refractivity contribution is -0.117. The molecular formula is C15H20ClNO3S. The highest BCUT2D eigenvalue weighted by Gasteiger charge is 2.26. The van der Waals surface area contributed by atoms with Gasteiger partial charge in [0.15, 0.2) is 9.84 Å². The Morgan fingerprint density at radius 2 is 2.10 bits per heavy atom. The van der Waals surface area contributed by atoms with E-state index in [4.69, 9.17) is 11.6 Å². The van der Waals surface area contributed by atoms with Gasteiger partial charge in [-0.1, -0.05) is 17.7 Å². The molecule has 1 fully saturated rings. The Hall–Kier alpha value is -1.07. The number of amides is 1. The van der Waals surface area contributed by atoms with E-state index in [1.165, 1.54) is 0 Å². The van der Waals surface area contributed by atoms with Gasteiger partial charge in [0, 0.05) is 6.42 Å². The summed E-state index contributed by atoms with van der Waals surface area (Å²) >= 11 is 6.16. The largest absolute Gasteiger partial charge is 0.325 e. The molecule has 2 rings (SSSR count). The highest BCUT2D eigenvalue weighted by molar-refractivity contribution is 7.91. The molecule has 0 saturated carbocycles. The molecule has 0 spiro atoms. The quantitative estimate of drug-likeness (QED) is 0.926. The molecule has 1 amide bonds. The third-order valence-corrected chi connectivity index (χ3v) is 5.92. The van der Waals surface area contributed by atoms with Crippen LogP contribution in [0.5, 0.6) is 0 Å². The molecule has 1 atom stereocenters. The standard InChI is InChI=1S/C15H20ClNO3S/c1-10-6-11(2)15(13(16)7-10)17-14(18)8-12-4-3-5-21(19,20)9-12/h6-7,12H,3-5,8-9H2,1-2H3,(H,17,18). The van der Waals surface area contributed by atoms with Crippen molar-refractivity contribution in [3.63, 3.8) is 0 Å². The maximum atomic E-state index is 12.1. The lowest BCUT2D eigenvalue weighted by atomic mass is 10.0. The number of hydrogen-bond donors (Lipinski definition) is 1. The van der Waals surface area contributed by atoms with Gasteiger partial charge in [0.2, 0.25) is 5.91 Å². The lowest BCUT2D eigenvalue weighted by Gasteiger charge is -2.21. The smallest absolute Gasteiger partial charge is 0.224 e. The van der Waals surface area contributed by atoms with Crippen molar-refractivity contribution < 1.29 is 13.2 Å². The molecule has 1 aliphatic rings. The van der Waals surface area contributed by atoms with Crippen LogP contribution in [-0.2, 0) is 14.6 Å². The van der Waals surface area contributed by atoms with Crippen LogP contribution in [0.2, 0.25) is 5.02 Å². The van der Waals surface area contributed by atoms with Gasteiger partial charge >= 0.3 is 0 Å². The van der Waals surface area contributed by atoms with E-state index in [1.54, 1.807) is 6.07 Å². The summed E-state index contributed by atoms with van der Waals surface area (Å²) in [6, 6.07) is 3.75. The fourth-order valence-corrected chi connectivity index (χ4v) is 4.95. The second kappa shape index (κ2) is 6.36. The topological polar surface area (TPSA) is 63.2 Å². The van der Waals surface area contributed by atoms with E-state index in [0.29, 0.717) is 17.1 Å². The van der Waals surface area contributed by atoms with E-state index in [2.05, 4.69) is 5.32 Å². The normalized spacial score (nSPS) is 21.0. The number of halogens is 1. The van der Waals surface area contributed by atoms with Crippen LogP contribution in [0.1, 0.15) is 30.4 Å². The molecule has 0 radical (unpaired) electrons. The van der Waals surface area contributed by atoms with Crippen LogP contribution >= 0.6 is 11.6 Å². The predicted octanol–water partition coefficient (Wildman–Crippen LogP) is 3.11. The fourth-order valence-electron chi connectivity index (χ4n) is 2.81. The van der Waals surface area contributed by atoms with E-state index in [9.17, 15) is 13.2 Å². The van der Waals surface area contributed by atoms with Crippen LogP contribution in [0.25, 0.3) is 0 Å². The van der Waals surface area contributed by atoms with Crippen molar-refractivity contribution in [3.8, 4) is 0 Å². The van der Waals surface area contributed by atoms with Gasteiger partial charge in [-0.25, -0.2) is 8.42 Å². The van der Waals surface area contributed by atoms with E-state index < -0.39 is 9.84 Å². The number of nitrogens with one attached hydrogen (secondary N) is 1. The number of carbonyl (C=O) groups excluding carboxylic acids is 1. The highest BCUT2D eigenvalue weighted by atomic mass is 35.5. The Bertz CT molecular complexity index is 632. The number of hydrogen-bond acceptors (Lipinski definition) is 3. The number of benzene rings is 1. The number of sulfone groups is 1. The summed E-state index contributed by atoms with van der Waals surface area (Å²) in [5.41, 5.74) is 2.56. The lowest BCUT2D eigenvalue weighted by Crippen LogP contribution is -2.28. The first kappa shape index (κ1) is 16.3. The number of rotatable bonds is 3. The second-order valence-electron chi connectivity index (χ2n) is 5.81. The monoisotopic (exact) mass is 329 g/mol. The fraction of sp³-hybridized carbons (Fsp3) is 0.533. The van der Waals surface area contributed by atoms with Gasteiger partial charge in [0.1, 0.15) is 0 Å². The average molecular weight is 330 g/mol. The minimum Gasteiger partial charge on any atom is -0.325 e. The summed E-state index contributed by atoms with van der Waals surface area (Å²) in [5.74, 6) is 0.0916. The van der Waals surface area contributed by atoms with Gasteiger partial charge in [0.25, 0.3) is 0 Å². The number of aryl methyl sites for hydroxylation is 2. The van der Waals surface area contributed by atoms with Crippen LogP contribution < -0.4 is 5.32 Å². The summed E-state index contributed by atoms with van der Waals surface area (Å²) in [6.45, 7) is 3.83. The predicted molar refractivity (Wildman–Crippen MR) is 85.6 cm³/mol. The van der Waals surface area contributed by atoms with Crippen molar-refractivity contribution in [3.05, 3.63) is 28.3 Å². The van der Waals surface area contributed by atoms with Crippen LogP contribution in [-0.4, -0.2) is 25.8 Å². The molecule has 1 heterocycles. The number of carbonyl (C=O) groups is 1. The third-order valence-electron chi connectivity index (χ3n) is 3.73. The first-order valence-electron chi connectivity index (χ1n) is 7.04. The van der Waals surface area contributed by atoms with Gasteiger partial charge in [-0.3, -0.25) is 4.79 Å². The van der Waals surface area contributed by atoms with Gasteiger partial charge in [-0.15, -0.1) is 0 Å².